The Labute approximate surface area is 376 Å². The molecule has 0 saturated heterocycles. The van der Waals surface area contributed by atoms with E-state index in [9.17, 15) is 0 Å². The molecule has 0 aliphatic heterocycles. The summed E-state index contributed by atoms with van der Waals surface area (Å²) in [7, 11) is -1.34. The average molecular weight is 992 g/mol. The van der Waals surface area contributed by atoms with E-state index < -0.39 is 8.07 Å². The second kappa shape index (κ2) is 18.1. The molecule has 0 aliphatic rings. The Morgan fingerprint density at radius 2 is 1.34 bits per heavy atom. The van der Waals surface area contributed by atoms with Gasteiger partial charge in [0, 0.05) is 43.8 Å². The second-order valence-corrected chi connectivity index (χ2v) is 23.2. The number of furan rings is 1. The Bertz CT molecular complexity index is 2860. The second-order valence-electron chi connectivity index (χ2n) is 18.1. The molecule has 0 atom stereocenters. The van der Waals surface area contributed by atoms with E-state index in [-0.39, 0.29) is 25.5 Å². The number of imidazole rings is 1. The van der Waals surface area contributed by atoms with Gasteiger partial charge in [0.1, 0.15) is 0 Å². The first kappa shape index (κ1) is 43.4. The predicted octanol–water partition coefficient (Wildman–Crippen LogP) is 14.2. The molecular weight excluding hydrogens is 939 g/mol. The predicted molar refractivity (Wildman–Crippen MR) is 255 cm³/mol. The molecule has 0 fully saturated rings. The summed E-state index contributed by atoms with van der Waals surface area (Å²) >= 11 is 0. The fourth-order valence-corrected chi connectivity index (χ4v) is 9.44. The molecule has 1 radical (unpaired) electrons. The first-order chi connectivity index (χ1) is 28.8. The summed E-state index contributed by atoms with van der Waals surface area (Å²) in [6.45, 7) is 18.5. The minimum Gasteiger partial charge on any atom is -0.557 e. The van der Waals surface area contributed by atoms with Crippen LogP contribution in [0.1, 0.15) is 45.7 Å². The fourth-order valence-electron chi connectivity index (χ4n) is 7.85. The van der Waals surface area contributed by atoms with Crippen molar-refractivity contribution in [3.8, 4) is 50.6 Å². The Balaban J connectivity index is 0.000000226. The zero-order chi connectivity index (χ0) is 42.0. The van der Waals surface area contributed by atoms with Crippen molar-refractivity contribution in [3.63, 3.8) is 0 Å². The average Bonchev–Trinajstić information content (AvgIpc) is 3.85. The third-order valence-corrected chi connectivity index (χ3v) is 13.1. The molecule has 9 rings (SSSR count). The molecule has 61 heavy (non-hydrogen) atoms. The quantitative estimate of drug-likeness (QED) is 0.113. The van der Waals surface area contributed by atoms with E-state index in [1.165, 1.54) is 27.4 Å². The van der Waals surface area contributed by atoms with E-state index in [0.717, 1.165) is 67.9 Å². The molecule has 0 saturated carbocycles. The Kier molecular flexibility index (Phi) is 12.9. The topological polar surface area (TPSA) is 43.9 Å². The number of hydrogen-bond acceptors (Lipinski definition) is 3. The minimum absolute atomic E-state index is 0. The van der Waals surface area contributed by atoms with E-state index in [2.05, 4.69) is 198 Å². The molecule has 9 aromatic rings. The van der Waals surface area contributed by atoms with Gasteiger partial charge in [-0.15, -0.1) is 35.9 Å². The zero-order valence-electron chi connectivity index (χ0n) is 36.4. The van der Waals surface area contributed by atoms with Crippen LogP contribution in [0, 0.1) is 18.2 Å². The first-order valence-electron chi connectivity index (χ1n) is 21.0. The Morgan fingerprint density at radius 3 is 2.00 bits per heavy atom. The summed E-state index contributed by atoms with van der Waals surface area (Å²) in [4.78, 5) is 9.76. The van der Waals surface area contributed by atoms with Gasteiger partial charge in [0.15, 0.2) is 0 Å². The van der Waals surface area contributed by atoms with Crippen LogP contribution in [-0.2, 0) is 31.9 Å². The smallest absolute Gasteiger partial charge is 0.0798 e. The van der Waals surface area contributed by atoms with Gasteiger partial charge in [0.05, 0.1) is 24.9 Å². The van der Waals surface area contributed by atoms with Gasteiger partial charge in [-0.1, -0.05) is 174 Å². The number of hydrogen-bond donors (Lipinski definition) is 0. The summed E-state index contributed by atoms with van der Waals surface area (Å²) in [6.07, 6.45) is 6.41. The molecule has 0 bridgehead atoms. The van der Waals surface area contributed by atoms with E-state index in [0.29, 0.717) is 5.92 Å². The number of nitrogens with zero attached hydrogens (tertiary/aromatic N) is 3. The van der Waals surface area contributed by atoms with Crippen molar-refractivity contribution in [1.82, 2.24) is 14.5 Å². The maximum Gasteiger partial charge on any atom is 0.0798 e. The van der Waals surface area contributed by atoms with Gasteiger partial charge in [0.2, 0.25) is 0 Å². The summed E-state index contributed by atoms with van der Waals surface area (Å²) in [5, 5.41) is 2.49. The van der Waals surface area contributed by atoms with Crippen LogP contribution in [0.2, 0.25) is 19.6 Å². The number of aromatic nitrogens is 3. The van der Waals surface area contributed by atoms with Crippen LogP contribution in [0.3, 0.4) is 0 Å². The first-order valence-corrected chi connectivity index (χ1v) is 24.5. The molecular formula is C55H53IrN3OSi-2. The standard InChI is InChI=1S/C37H29N2O.C18H24NSi.Ir/c1-37(2,3)29-18-13-26(14-19-29)27-15-20-30(21-16-27)39-34-12-8-7-11-33(34)38-36(39)32-24-40-35-22-17-28(23-31(32)35)25-9-5-4-6-10-25;1-14(2)11-16-12-17(15-9-7-6-8-10-15)19-13-18(16)20(3,4)5;/h4-23H,1-3H3;6-9,12-14H,11H2,1-5H3;/q2*-1;. The molecule has 3 heterocycles. The number of fused-ring (bicyclic) bond motifs is 2. The number of rotatable bonds is 8. The molecule has 6 heteroatoms. The molecule has 0 aliphatic carbocycles. The minimum atomic E-state index is -1.34. The third kappa shape index (κ3) is 9.63. The summed E-state index contributed by atoms with van der Waals surface area (Å²) in [5.41, 5.74) is 14.4. The summed E-state index contributed by atoms with van der Waals surface area (Å²) in [5.74, 6) is 1.48. The van der Waals surface area contributed by atoms with E-state index in [1.807, 2.05) is 36.4 Å². The van der Waals surface area contributed by atoms with E-state index >= 15 is 0 Å². The third-order valence-electron chi connectivity index (χ3n) is 11.0. The van der Waals surface area contributed by atoms with Crippen molar-refractivity contribution in [1.29, 1.82) is 0 Å². The molecule has 0 spiro atoms. The van der Waals surface area contributed by atoms with Crippen LogP contribution in [0.15, 0.2) is 162 Å². The van der Waals surface area contributed by atoms with Crippen molar-refractivity contribution >= 4 is 35.3 Å². The number of pyridine rings is 1. The maximum absolute atomic E-state index is 5.91. The van der Waals surface area contributed by atoms with Crippen molar-refractivity contribution < 1.29 is 24.5 Å². The monoisotopic (exact) mass is 992 g/mol. The van der Waals surface area contributed by atoms with Crippen LogP contribution in [0.4, 0.5) is 0 Å². The van der Waals surface area contributed by atoms with E-state index in [4.69, 9.17) is 9.40 Å². The maximum atomic E-state index is 5.91. The largest absolute Gasteiger partial charge is 0.557 e. The van der Waals surface area contributed by atoms with Crippen LogP contribution in [0.5, 0.6) is 0 Å². The zero-order valence-corrected chi connectivity index (χ0v) is 39.8. The van der Waals surface area contributed by atoms with Gasteiger partial charge in [-0.3, -0.25) is 4.98 Å². The normalized spacial score (nSPS) is 11.7. The van der Waals surface area contributed by atoms with Crippen LogP contribution in [0.25, 0.3) is 72.6 Å². The van der Waals surface area contributed by atoms with Gasteiger partial charge in [-0.2, -0.15) is 0 Å². The Hall–Kier alpha value is -5.65. The summed E-state index contributed by atoms with van der Waals surface area (Å²) in [6, 6.07) is 56.1. The van der Waals surface area contributed by atoms with E-state index in [1.54, 1.807) is 0 Å². The van der Waals surface area contributed by atoms with Gasteiger partial charge < -0.3 is 14.0 Å². The molecule has 0 unspecified atom stereocenters. The molecule has 4 nitrogen and oxygen atoms in total. The van der Waals surface area contributed by atoms with Gasteiger partial charge in [0.25, 0.3) is 0 Å². The number of para-hydroxylation sites is 2. The molecule has 6 aromatic carbocycles. The molecule has 309 valence electrons. The van der Waals surface area contributed by atoms with Crippen molar-refractivity contribution in [2.24, 2.45) is 5.92 Å². The SMILES string of the molecule is CC(C)(C)c1ccc(-c2ccc(-n3c(-c4[c-]oc5ccc(-c6ccccc6)cc45)nc4ccccc43)cc2)cc1.CC(C)Cc1cc(-c2[c-]cccc2)ncc1[Si](C)(C)C.[Ir]. The van der Waals surface area contributed by atoms with Gasteiger partial charge in [-0.25, -0.2) is 0 Å². The van der Waals surface area contributed by atoms with Crippen LogP contribution < -0.4 is 5.19 Å². The van der Waals surface area contributed by atoms with Crippen molar-refractivity contribution in [2.75, 3.05) is 0 Å². The molecule has 0 N–H and O–H groups in total. The van der Waals surface area contributed by atoms with Crippen molar-refractivity contribution in [2.45, 2.75) is 66.1 Å². The van der Waals surface area contributed by atoms with Crippen LogP contribution >= 0.6 is 0 Å². The Morgan fingerprint density at radius 1 is 0.705 bits per heavy atom. The summed E-state index contributed by atoms with van der Waals surface area (Å²) < 4.78 is 8.12. The molecule has 0 amide bonds. The van der Waals surface area contributed by atoms with Gasteiger partial charge in [-0.05, 0) is 80.7 Å². The fraction of sp³-hybridized carbons (Fsp3) is 0.200. The molecule has 3 aromatic heterocycles. The van der Waals surface area contributed by atoms with Crippen LogP contribution in [-0.4, -0.2) is 22.6 Å². The number of benzene rings is 6. The van der Waals surface area contributed by atoms with Crippen molar-refractivity contribution in [3.05, 3.63) is 181 Å². The van der Waals surface area contributed by atoms with Gasteiger partial charge >= 0.3 is 0 Å².